The molecule has 0 saturated carbocycles. The van der Waals surface area contributed by atoms with E-state index < -0.39 is 0 Å². The molecule has 2 aromatic heterocycles. The molecule has 0 unspecified atom stereocenters. The van der Waals surface area contributed by atoms with Gasteiger partial charge in [-0.15, -0.1) is 16.4 Å². The lowest BCUT2D eigenvalue weighted by Crippen LogP contribution is -2.48. The van der Waals surface area contributed by atoms with Crippen LogP contribution in [0.3, 0.4) is 0 Å². The summed E-state index contributed by atoms with van der Waals surface area (Å²) in [4.78, 5) is 18.4. The van der Waals surface area contributed by atoms with Crippen molar-refractivity contribution < 1.29 is 9.18 Å². The molecule has 1 fully saturated rings. The number of thiophene rings is 1. The van der Waals surface area contributed by atoms with Crippen molar-refractivity contribution in [1.29, 1.82) is 0 Å². The molecule has 1 aromatic carbocycles. The minimum absolute atomic E-state index is 0.0165. The molecule has 0 N–H and O–H groups in total. The van der Waals surface area contributed by atoms with Crippen LogP contribution < -0.4 is 4.90 Å². The van der Waals surface area contributed by atoms with Gasteiger partial charge in [0.05, 0.1) is 4.88 Å². The third-order valence-electron chi connectivity index (χ3n) is 4.20. The molecule has 0 aliphatic carbocycles. The first kappa shape index (κ1) is 16.2. The van der Waals surface area contributed by atoms with Crippen molar-refractivity contribution in [2.75, 3.05) is 31.1 Å². The highest BCUT2D eigenvalue weighted by Gasteiger charge is 2.27. The Morgan fingerprint density at radius 1 is 1.08 bits per heavy atom. The van der Waals surface area contributed by atoms with Crippen LogP contribution in [0.25, 0.3) is 10.6 Å². The molecule has 1 amide bonds. The number of amides is 1. The Balaban J connectivity index is 1.45. The highest BCUT2D eigenvalue weighted by Crippen LogP contribution is 2.29. The Hall–Kier alpha value is -2.32. The number of benzene rings is 1. The van der Waals surface area contributed by atoms with Gasteiger partial charge >= 0.3 is 0 Å². The third kappa shape index (κ3) is 3.27. The number of aromatic nitrogens is 2. The van der Waals surface area contributed by atoms with Crippen molar-refractivity contribution in [2.24, 2.45) is 0 Å². The summed E-state index contributed by atoms with van der Waals surface area (Å²) in [5.41, 5.74) is 1.65. The minimum Gasteiger partial charge on any atom is -0.368 e. The van der Waals surface area contributed by atoms with Gasteiger partial charge in [0.2, 0.25) is 0 Å². The van der Waals surface area contributed by atoms with Crippen LogP contribution in [0.4, 0.5) is 10.1 Å². The van der Waals surface area contributed by atoms with Crippen LogP contribution in [0.15, 0.2) is 41.8 Å². The van der Waals surface area contributed by atoms with Crippen LogP contribution >= 0.6 is 22.9 Å². The van der Waals surface area contributed by atoms with Crippen molar-refractivity contribution >= 4 is 34.5 Å². The van der Waals surface area contributed by atoms with E-state index in [0.717, 1.165) is 35.2 Å². The van der Waals surface area contributed by atoms with Gasteiger partial charge in [0.25, 0.3) is 5.91 Å². The van der Waals surface area contributed by atoms with Crippen LogP contribution in [0, 0.1) is 5.82 Å². The Bertz CT molecular complexity index is 855. The SMILES string of the molecule is O=C(c1snnc1-c1cccs1)N1CCN(c2ccc(F)cc2)CC1. The van der Waals surface area contributed by atoms with Crippen molar-refractivity contribution in [3.63, 3.8) is 0 Å². The first-order chi connectivity index (χ1) is 12.2. The van der Waals surface area contributed by atoms with Crippen LogP contribution in [0.5, 0.6) is 0 Å². The van der Waals surface area contributed by atoms with E-state index in [2.05, 4.69) is 14.5 Å². The number of hydrogen-bond acceptors (Lipinski definition) is 6. The van der Waals surface area contributed by atoms with E-state index in [-0.39, 0.29) is 11.7 Å². The van der Waals surface area contributed by atoms with E-state index in [1.165, 1.54) is 12.1 Å². The lowest BCUT2D eigenvalue weighted by molar-refractivity contribution is 0.0752. The lowest BCUT2D eigenvalue weighted by atomic mass is 10.2. The number of nitrogens with zero attached hydrogens (tertiary/aromatic N) is 4. The fourth-order valence-electron chi connectivity index (χ4n) is 2.87. The maximum absolute atomic E-state index is 13.1. The maximum Gasteiger partial charge on any atom is 0.268 e. The summed E-state index contributed by atoms with van der Waals surface area (Å²) in [5, 5.41) is 6.09. The number of rotatable bonds is 3. The van der Waals surface area contributed by atoms with Crippen molar-refractivity contribution in [3.05, 3.63) is 52.5 Å². The summed E-state index contributed by atoms with van der Waals surface area (Å²) >= 11 is 2.70. The molecule has 0 radical (unpaired) electrons. The molecule has 5 nitrogen and oxygen atoms in total. The van der Waals surface area contributed by atoms with E-state index in [1.807, 2.05) is 22.4 Å². The molecule has 1 aliphatic heterocycles. The smallest absolute Gasteiger partial charge is 0.268 e. The summed E-state index contributed by atoms with van der Waals surface area (Å²) in [6, 6.07) is 10.4. The predicted molar refractivity (Wildman–Crippen MR) is 97.7 cm³/mol. The zero-order valence-electron chi connectivity index (χ0n) is 13.3. The Morgan fingerprint density at radius 2 is 1.84 bits per heavy atom. The van der Waals surface area contributed by atoms with Gasteiger partial charge in [0, 0.05) is 31.9 Å². The number of halogens is 1. The number of carbonyl (C=O) groups excluding carboxylic acids is 1. The fourth-order valence-corrected chi connectivity index (χ4v) is 4.30. The molecule has 128 valence electrons. The number of piperazine rings is 1. The van der Waals surface area contributed by atoms with E-state index in [9.17, 15) is 9.18 Å². The first-order valence-corrected chi connectivity index (χ1v) is 9.54. The second kappa shape index (κ2) is 6.89. The molecule has 1 aliphatic rings. The largest absolute Gasteiger partial charge is 0.368 e. The molecule has 3 heterocycles. The van der Waals surface area contributed by atoms with Crippen molar-refractivity contribution in [2.45, 2.75) is 0 Å². The number of carbonyl (C=O) groups is 1. The lowest BCUT2D eigenvalue weighted by Gasteiger charge is -2.35. The van der Waals surface area contributed by atoms with Gasteiger partial charge in [0.15, 0.2) is 0 Å². The molecule has 8 heteroatoms. The zero-order valence-corrected chi connectivity index (χ0v) is 14.9. The first-order valence-electron chi connectivity index (χ1n) is 7.88. The predicted octanol–water partition coefficient (Wildman–Crippen LogP) is 3.37. The summed E-state index contributed by atoms with van der Waals surface area (Å²) in [7, 11) is 0. The normalized spacial score (nSPS) is 14.8. The Morgan fingerprint density at radius 3 is 2.52 bits per heavy atom. The highest BCUT2D eigenvalue weighted by atomic mass is 32.1. The maximum atomic E-state index is 13.1. The van der Waals surface area contributed by atoms with Gasteiger partial charge in [-0.05, 0) is 47.2 Å². The van der Waals surface area contributed by atoms with Crippen LogP contribution in [-0.4, -0.2) is 46.6 Å². The average Bonchev–Trinajstić information content (AvgIpc) is 3.33. The topological polar surface area (TPSA) is 49.3 Å². The standard InChI is InChI=1S/C17H15FN4OS2/c18-12-3-5-13(6-4-12)21-7-9-22(10-8-21)17(23)16-15(19-20-25-16)14-2-1-11-24-14/h1-6,11H,7-10H2. The van der Waals surface area contributed by atoms with Gasteiger partial charge in [-0.1, -0.05) is 10.6 Å². The number of anilines is 1. The minimum atomic E-state index is -0.239. The van der Waals surface area contributed by atoms with Gasteiger partial charge in [-0.3, -0.25) is 4.79 Å². The van der Waals surface area contributed by atoms with E-state index in [1.54, 1.807) is 23.5 Å². The quantitative estimate of drug-likeness (QED) is 0.705. The molecule has 0 atom stereocenters. The van der Waals surface area contributed by atoms with Crippen molar-refractivity contribution in [3.8, 4) is 10.6 Å². The summed E-state index contributed by atoms with van der Waals surface area (Å²) in [6.45, 7) is 2.69. The van der Waals surface area contributed by atoms with Gasteiger partial charge in [0.1, 0.15) is 16.4 Å². The van der Waals surface area contributed by atoms with Crippen molar-refractivity contribution in [1.82, 2.24) is 14.5 Å². The Labute approximate surface area is 152 Å². The molecular formula is C17H15FN4OS2. The van der Waals surface area contributed by atoms with Crippen LogP contribution in [0.1, 0.15) is 9.67 Å². The fraction of sp³-hybridized carbons (Fsp3) is 0.235. The summed E-state index contributed by atoms with van der Waals surface area (Å²) in [5.74, 6) is -0.256. The summed E-state index contributed by atoms with van der Waals surface area (Å²) in [6.07, 6.45) is 0. The van der Waals surface area contributed by atoms with Gasteiger partial charge in [-0.25, -0.2) is 4.39 Å². The monoisotopic (exact) mass is 374 g/mol. The van der Waals surface area contributed by atoms with E-state index >= 15 is 0 Å². The second-order valence-corrected chi connectivity index (χ2v) is 7.39. The third-order valence-corrected chi connectivity index (χ3v) is 5.79. The molecular weight excluding hydrogens is 359 g/mol. The Kier molecular flexibility index (Phi) is 4.46. The molecule has 0 bridgehead atoms. The van der Waals surface area contributed by atoms with Crippen LogP contribution in [0.2, 0.25) is 0 Å². The number of hydrogen-bond donors (Lipinski definition) is 0. The highest BCUT2D eigenvalue weighted by molar-refractivity contribution is 7.14. The van der Waals surface area contributed by atoms with Crippen LogP contribution in [-0.2, 0) is 0 Å². The van der Waals surface area contributed by atoms with E-state index in [4.69, 9.17) is 0 Å². The average molecular weight is 374 g/mol. The van der Waals surface area contributed by atoms with Gasteiger partial charge < -0.3 is 9.80 Å². The van der Waals surface area contributed by atoms with Gasteiger partial charge in [-0.2, -0.15) is 0 Å². The summed E-state index contributed by atoms with van der Waals surface area (Å²) < 4.78 is 17.0. The molecule has 3 aromatic rings. The zero-order chi connectivity index (χ0) is 17.2. The molecule has 25 heavy (non-hydrogen) atoms. The molecule has 1 saturated heterocycles. The second-order valence-electron chi connectivity index (χ2n) is 5.68. The molecule has 0 spiro atoms. The molecule has 4 rings (SSSR count). The van der Waals surface area contributed by atoms with E-state index in [0.29, 0.717) is 23.7 Å².